The van der Waals surface area contributed by atoms with E-state index in [1.165, 1.54) is 10.4 Å². The molecule has 0 aromatic carbocycles. The van der Waals surface area contributed by atoms with E-state index in [1.54, 1.807) is 18.4 Å². The Kier molecular flexibility index (Phi) is 6.82. The lowest BCUT2D eigenvalue weighted by atomic mass is 9.86. The van der Waals surface area contributed by atoms with Crippen LogP contribution in [-0.4, -0.2) is 53.2 Å². The number of hydrogen-bond acceptors (Lipinski definition) is 6. The summed E-state index contributed by atoms with van der Waals surface area (Å²) >= 11 is 1.71. The van der Waals surface area contributed by atoms with Crippen molar-refractivity contribution in [3.63, 3.8) is 0 Å². The van der Waals surface area contributed by atoms with Gasteiger partial charge >= 0.3 is 0 Å². The Morgan fingerprint density at radius 3 is 2.65 bits per heavy atom. The summed E-state index contributed by atoms with van der Waals surface area (Å²) in [7, 11) is 1.75. The molecule has 0 radical (unpaired) electrons. The highest BCUT2D eigenvalue weighted by Crippen LogP contribution is 2.36. The highest BCUT2D eigenvalue weighted by Gasteiger charge is 2.33. The zero-order valence-corrected chi connectivity index (χ0v) is 20.3. The summed E-state index contributed by atoms with van der Waals surface area (Å²) in [6, 6.07) is 0. The number of fused-ring (bicyclic) bond motifs is 1. The van der Waals surface area contributed by atoms with Gasteiger partial charge in [0, 0.05) is 30.4 Å². The number of thiophene rings is 1. The van der Waals surface area contributed by atoms with Gasteiger partial charge in [-0.25, -0.2) is 4.98 Å². The SMILES string of the molecule is CO[C@@H]1CCC[C@H](C(=O)N2CCC[C@H](Oc3nc(C(C)C)nc4sc(C)c(C)c34)C2)C1. The number of rotatable bonds is 5. The highest BCUT2D eigenvalue weighted by atomic mass is 32.1. The zero-order chi connectivity index (χ0) is 22.1. The molecule has 6 nitrogen and oxygen atoms in total. The van der Waals surface area contributed by atoms with Crippen LogP contribution >= 0.6 is 11.3 Å². The lowest BCUT2D eigenvalue weighted by molar-refractivity contribution is -0.140. The molecule has 1 aliphatic heterocycles. The molecule has 1 saturated heterocycles. The van der Waals surface area contributed by atoms with E-state index in [0.717, 1.165) is 61.1 Å². The van der Waals surface area contributed by atoms with E-state index < -0.39 is 0 Å². The second kappa shape index (κ2) is 9.41. The van der Waals surface area contributed by atoms with E-state index >= 15 is 0 Å². The third-order valence-electron chi connectivity index (χ3n) is 6.81. The first-order chi connectivity index (χ1) is 14.9. The van der Waals surface area contributed by atoms with Crippen LogP contribution < -0.4 is 4.74 Å². The average molecular weight is 446 g/mol. The number of ether oxygens (including phenoxy) is 2. The summed E-state index contributed by atoms with van der Waals surface area (Å²) in [4.78, 5) is 27.1. The van der Waals surface area contributed by atoms with E-state index in [4.69, 9.17) is 19.4 Å². The maximum atomic E-state index is 13.2. The van der Waals surface area contributed by atoms with Crippen LogP contribution in [0, 0.1) is 19.8 Å². The number of methoxy groups -OCH3 is 1. The van der Waals surface area contributed by atoms with Gasteiger partial charge in [0.15, 0.2) is 0 Å². The second-order valence-electron chi connectivity index (χ2n) is 9.39. The van der Waals surface area contributed by atoms with Crippen molar-refractivity contribution in [3.8, 4) is 5.88 Å². The van der Waals surface area contributed by atoms with Crippen molar-refractivity contribution >= 4 is 27.5 Å². The van der Waals surface area contributed by atoms with Gasteiger partial charge in [-0.2, -0.15) is 4.98 Å². The van der Waals surface area contributed by atoms with E-state index in [0.29, 0.717) is 12.4 Å². The number of carbonyl (C=O) groups is 1. The number of hydrogen-bond donors (Lipinski definition) is 0. The number of amides is 1. The highest BCUT2D eigenvalue weighted by molar-refractivity contribution is 7.18. The first kappa shape index (κ1) is 22.5. The number of nitrogens with zero attached hydrogens (tertiary/aromatic N) is 3. The summed E-state index contributed by atoms with van der Waals surface area (Å²) in [5, 5.41) is 1.03. The fourth-order valence-electron chi connectivity index (χ4n) is 4.81. The molecule has 2 fully saturated rings. The zero-order valence-electron chi connectivity index (χ0n) is 19.4. The molecule has 0 N–H and O–H groups in total. The van der Waals surface area contributed by atoms with Crippen LogP contribution in [0.4, 0.5) is 0 Å². The van der Waals surface area contributed by atoms with Crippen molar-refractivity contribution in [1.29, 1.82) is 0 Å². The van der Waals surface area contributed by atoms with E-state index in [1.807, 2.05) is 4.90 Å². The predicted molar refractivity (Wildman–Crippen MR) is 124 cm³/mol. The molecule has 0 bridgehead atoms. The van der Waals surface area contributed by atoms with Gasteiger partial charge in [0.2, 0.25) is 11.8 Å². The van der Waals surface area contributed by atoms with Crippen molar-refractivity contribution in [3.05, 3.63) is 16.3 Å². The Balaban J connectivity index is 1.52. The van der Waals surface area contributed by atoms with Crippen LogP contribution in [0.3, 0.4) is 0 Å². The van der Waals surface area contributed by atoms with E-state index in [9.17, 15) is 4.79 Å². The largest absolute Gasteiger partial charge is 0.472 e. The molecule has 2 aliphatic rings. The first-order valence-corrected chi connectivity index (χ1v) is 12.4. The standard InChI is InChI=1S/C24H35N3O3S/c1-14(2)21-25-22(20-15(3)16(4)31-23(20)26-21)30-19-10-7-11-27(13-19)24(28)17-8-6-9-18(12-17)29-5/h14,17-19H,6-13H2,1-5H3/t17-,18+,19-/m0/s1. The summed E-state index contributed by atoms with van der Waals surface area (Å²) in [6.45, 7) is 9.91. The minimum Gasteiger partial charge on any atom is -0.472 e. The van der Waals surface area contributed by atoms with E-state index in [2.05, 4.69) is 27.7 Å². The second-order valence-corrected chi connectivity index (χ2v) is 10.6. The topological polar surface area (TPSA) is 64.5 Å². The van der Waals surface area contributed by atoms with Crippen LogP contribution in [0.2, 0.25) is 0 Å². The third kappa shape index (κ3) is 4.72. The molecule has 7 heteroatoms. The first-order valence-electron chi connectivity index (χ1n) is 11.6. The van der Waals surface area contributed by atoms with Crippen LogP contribution in [-0.2, 0) is 9.53 Å². The Labute approximate surface area is 189 Å². The summed E-state index contributed by atoms with van der Waals surface area (Å²) < 4.78 is 12.0. The number of aryl methyl sites for hydroxylation is 2. The summed E-state index contributed by atoms with van der Waals surface area (Å²) in [5.41, 5.74) is 1.20. The molecule has 1 aliphatic carbocycles. The molecule has 31 heavy (non-hydrogen) atoms. The van der Waals surface area contributed by atoms with Gasteiger partial charge in [0.05, 0.1) is 18.0 Å². The lowest BCUT2D eigenvalue weighted by Gasteiger charge is -2.37. The Hall–Kier alpha value is -1.73. The lowest BCUT2D eigenvalue weighted by Crippen LogP contribution is -2.47. The van der Waals surface area contributed by atoms with Crippen molar-refractivity contribution in [1.82, 2.24) is 14.9 Å². The molecule has 0 spiro atoms. The summed E-state index contributed by atoms with van der Waals surface area (Å²) in [5.74, 6) is 2.09. The van der Waals surface area contributed by atoms with Crippen LogP contribution in [0.5, 0.6) is 5.88 Å². The predicted octanol–water partition coefficient (Wildman–Crippen LogP) is 5.01. The molecule has 4 rings (SSSR count). The maximum absolute atomic E-state index is 13.2. The van der Waals surface area contributed by atoms with Gasteiger partial charge in [0.25, 0.3) is 0 Å². The average Bonchev–Trinajstić information content (AvgIpc) is 3.07. The monoisotopic (exact) mass is 445 g/mol. The summed E-state index contributed by atoms with van der Waals surface area (Å²) in [6.07, 6.45) is 6.03. The quantitative estimate of drug-likeness (QED) is 0.647. The number of carbonyl (C=O) groups excluding carboxylic acids is 1. The van der Waals surface area contributed by atoms with Gasteiger partial charge < -0.3 is 14.4 Å². The Bertz CT molecular complexity index is 942. The minimum atomic E-state index is -0.0303. The van der Waals surface area contributed by atoms with Crippen molar-refractivity contribution in [2.24, 2.45) is 5.92 Å². The molecule has 170 valence electrons. The molecule has 1 saturated carbocycles. The molecule has 2 aromatic rings. The molecule has 0 unspecified atom stereocenters. The van der Waals surface area contributed by atoms with Gasteiger partial charge in [-0.1, -0.05) is 20.3 Å². The number of piperidine rings is 1. The van der Waals surface area contributed by atoms with Gasteiger partial charge in [0.1, 0.15) is 16.8 Å². The number of likely N-dealkylation sites (tertiary alicyclic amines) is 1. The molecule has 1 amide bonds. The van der Waals surface area contributed by atoms with E-state index in [-0.39, 0.29) is 30.0 Å². The molecule has 3 atom stereocenters. The van der Waals surface area contributed by atoms with Gasteiger partial charge in [-0.05, 0) is 51.5 Å². The minimum absolute atomic E-state index is 0.0303. The Morgan fingerprint density at radius 1 is 1.13 bits per heavy atom. The number of aromatic nitrogens is 2. The third-order valence-corrected chi connectivity index (χ3v) is 7.91. The smallest absolute Gasteiger partial charge is 0.226 e. The molecular formula is C24H35N3O3S. The fourth-order valence-corrected chi connectivity index (χ4v) is 5.83. The maximum Gasteiger partial charge on any atom is 0.226 e. The van der Waals surface area contributed by atoms with Crippen LogP contribution in [0.25, 0.3) is 10.2 Å². The van der Waals surface area contributed by atoms with Crippen LogP contribution in [0.1, 0.15) is 74.6 Å². The van der Waals surface area contributed by atoms with Gasteiger partial charge in [-0.15, -0.1) is 11.3 Å². The molecular weight excluding hydrogens is 410 g/mol. The van der Waals surface area contributed by atoms with Crippen molar-refractivity contribution < 1.29 is 14.3 Å². The van der Waals surface area contributed by atoms with Crippen molar-refractivity contribution in [2.45, 2.75) is 84.3 Å². The normalized spacial score (nSPS) is 24.7. The molecule has 3 heterocycles. The fraction of sp³-hybridized carbons (Fsp3) is 0.708. The van der Waals surface area contributed by atoms with Crippen molar-refractivity contribution in [2.75, 3.05) is 20.2 Å². The molecule has 2 aromatic heterocycles. The van der Waals surface area contributed by atoms with Crippen LogP contribution in [0.15, 0.2) is 0 Å². The Morgan fingerprint density at radius 2 is 1.90 bits per heavy atom. The van der Waals surface area contributed by atoms with Gasteiger partial charge in [-0.3, -0.25) is 4.79 Å².